The number of nitrogens with zero attached hydrogens (tertiary/aromatic N) is 6. The molecule has 0 spiro atoms. The molecule has 6 N–H and O–H groups in total. The molecule has 4 heterocycles. The van der Waals surface area contributed by atoms with Gasteiger partial charge in [-0.05, 0) is 84.0 Å². The van der Waals surface area contributed by atoms with Gasteiger partial charge >= 0.3 is 5.97 Å². The van der Waals surface area contributed by atoms with Gasteiger partial charge in [0.2, 0.25) is 11.7 Å². The van der Waals surface area contributed by atoms with Crippen molar-refractivity contribution in [3.8, 4) is 0 Å². The van der Waals surface area contributed by atoms with Crippen molar-refractivity contribution in [3.05, 3.63) is 0 Å². The first-order valence-electron chi connectivity index (χ1n) is 19.7. The van der Waals surface area contributed by atoms with Gasteiger partial charge in [-0.1, -0.05) is 27.7 Å². The summed E-state index contributed by atoms with van der Waals surface area (Å²) in [6.07, 6.45) is 1.56. The molecule has 10 unspecified atom stereocenters. The van der Waals surface area contributed by atoms with Crippen LogP contribution in [0.2, 0.25) is 0 Å². The highest BCUT2D eigenvalue weighted by Gasteiger charge is 2.57. The number of rotatable bonds is 6. The normalized spacial score (nSPS) is 33.5. The Morgan fingerprint density at radius 2 is 1.47 bits per heavy atom. The molecule has 0 aliphatic carbocycles. The van der Waals surface area contributed by atoms with Crippen molar-refractivity contribution in [3.63, 3.8) is 0 Å². The lowest BCUT2D eigenvalue weighted by Gasteiger charge is -2.47. The van der Waals surface area contributed by atoms with E-state index < -0.39 is 108 Å². The number of ether oxygens (including phenoxy) is 2. The summed E-state index contributed by atoms with van der Waals surface area (Å²) >= 11 is 0. The lowest BCUT2D eigenvalue weighted by molar-refractivity contribution is -0.326. The number of hydroxylamine groups is 4. The highest BCUT2D eigenvalue weighted by atomic mass is 16.6. The molecule has 4 aliphatic heterocycles. The highest BCUT2D eigenvalue weighted by Crippen LogP contribution is 2.40. The van der Waals surface area contributed by atoms with Crippen molar-refractivity contribution >= 4 is 53.8 Å². The van der Waals surface area contributed by atoms with E-state index in [2.05, 4.69) is 20.8 Å². The summed E-state index contributed by atoms with van der Waals surface area (Å²) < 4.78 is 11.7. The van der Waals surface area contributed by atoms with Gasteiger partial charge < -0.3 is 30.3 Å². The van der Waals surface area contributed by atoms with Gasteiger partial charge in [-0.3, -0.25) is 39.2 Å². The minimum atomic E-state index is -2.72. The number of esters is 1. The molecule has 58 heavy (non-hydrogen) atoms. The van der Waals surface area contributed by atoms with Crippen molar-refractivity contribution in [2.45, 2.75) is 154 Å². The van der Waals surface area contributed by atoms with Crippen LogP contribution in [0.4, 0.5) is 0 Å². The molecule has 0 radical (unpaired) electrons. The summed E-state index contributed by atoms with van der Waals surface area (Å²) in [7, 11) is 0. The SMILES string of the molecule is CC(C)CC1CCC(O)(C(C)(O)C(=O)NC2C(=O)N3N=CCCC3C(=O)N(O)C(C)C(=O)NCC(=O)N3N=CCCC3C(=O)N(O)C(C)C(=O)OC2C(C)C)OC1C. The van der Waals surface area contributed by atoms with Crippen molar-refractivity contribution in [1.29, 1.82) is 0 Å². The predicted molar refractivity (Wildman–Crippen MR) is 201 cm³/mol. The Morgan fingerprint density at radius 1 is 0.914 bits per heavy atom. The smallest absolute Gasteiger partial charge is 0.331 e. The topological polar surface area (TPSA) is 281 Å². The zero-order valence-corrected chi connectivity index (χ0v) is 34.2. The summed E-state index contributed by atoms with van der Waals surface area (Å²) in [6.45, 7) is 11.3. The van der Waals surface area contributed by atoms with Gasteiger partial charge in [0.15, 0.2) is 11.6 Å². The van der Waals surface area contributed by atoms with Crippen LogP contribution in [-0.2, 0) is 43.0 Å². The summed E-state index contributed by atoms with van der Waals surface area (Å²) in [5.74, 6) is -10.9. The second-order valence-corrected chi connectivity index (χ2v) is 16.3. The van der Waals surface area contributed by atoms with E-state index in [9.17, 15) is 54.2 Å². The highest BCUT2D eigenvalue weighted by molar-refractivity contribution is 5.97. The molecule has 21 heteroatoms. The van der Waals surface area contributed by atoms with Gasteiger partial charge in [0.1, 0.15) is 30.3 Å². The number of carbonyl (C=O) groups is 7. The molecule has 10 atom stereocenters. The Kier molecular flexibility index (Phi) is 14.8. The average Bonchev–Trinajstić information content (AvgIpc) is 3.19. The zero-order chi connectivity index (χ0) is 43.4. The number of hydrazone groups is 2. The van der Waals surface area contributed by atoms with Crippen LogP contribution >= 0.6 is 0 Å². The van der Waals surface area contributed by atoms with Gasteiger partial charge in [0.05, 0.1) is 12.6 Å². The molecular weight excluding hydrogens is 764 g/mol. The number of nitrogens with one attached hydrogen (secondary N) is 2. The van der Waals surface area contributed by atoms with Crippen LogP contribution in [0, 0.1) is 17.8 Å². The van der Waals surface area contributed by atoms with E-state index in [1.54, 1.807) is 6.92 Å². The molecule has 4 rings (SSSR count). The number of cyclic esters (lactones) is 1. The van der Waals surface area contributed by atoms with Crippen LogP contribution in [-0.4, -0.2) is 155 Å². The Bertz CT molecular complexity index is 1660. The van der Waals surface area contributed by atoms with Gasteiger partial charge in [0.25, 0.3) is 29.5 Å². The van der Waals surface area contributed by atoms with Crippen molar-refractivity contribution in [2.24, 2.45) is 28.0 Å². The Hall–Kier alpha value is -4.57. The number of aliphatic hydroxyl groups is 2. The van der Waals surface area contributed by atoms with Crippen molar-refractivity contribution in [1.82, 2.24) is 30.8 Å². The predicted octanol–water partition coefficient (Wildman–Crippen LogP) is -0.364. The Balaban J connectivity index is 1.78. The second kappa shape index (κ2) is 18.6. The minimum Gasteiger partial charge on any atom is -0.458 e. The lowest BCUT2D eigenvalue weighted by atomic mass is 9.79. The summed E-state index contributed by atoms with van der Waals surface area (Å²) in [5.41, 5.74) is -2.72. The third kappa shape index (κ3) is 9.65. The standard InChI is InChI=1S/C37H58N8O13/c1-19(2)17-24-13-14-37(54,58-23(24)7)36(8,53)35(52)41-28-29(20(3)4)57-34(51)22(6)45(56)31(48)25-11-9-15-39-42(25)27(46)18-38-30(47)21(5)44(55)32(49)26-12-10-16-40-43(26)33(28)50/h15-16,19-26,28-29,53-56H,9-14,17-18H2,1-8H3,(H,38,47)(H,41,52). The van der Waals surface area contributed by atoms with E-state index >= 15 is 0 Å². The van der Waals surface area contributed by atoms with E-state index in [4.69, 9.17) is 9.47 Å². The van der Waals surface area contributed by atoms with E-state index in [0.717, 1.165) is 32.2 Å². The minimum absolute atomic E-state index is 0.0114. The lowest BCUT2D eigenvalue weighted by Crippen LogP contribution is -2.68. The third-order valence-corrected chi connectivity index (χ3v) is 11.2. The molecule has 0 bridgehead atoms. The first-order valence-corrected chi connectivity index (χ1v) is 19.7. The average molecular weight is 823 g/mol. The molecule has 2 saturated heterocycles. The fourth-order valence-electron chi connectivity index (χ4n) is 7.42. The molecule has 4 aliphatic rings. The van der Waals surface area contributed by atoms with Gasteiger partial charge in [-0.25, -0.2) is 24.9 Å². The molecule has 2 fully saturated rings. The van der Waals surface area contributed by atoms with Gasteiger partial charge in [-0.15, -0.1) is 0 Å². The number of fused-ring (bicyclic) bond motifs is 2. The van der Waals surface area contributed by atoms with Crippen LogP contribution in [0.3, 0.4) is 0 Å². The van der Waals surface area contributed by atoms with Gasteiger partial charge in [-0.2, -0.15) is 10.2 Å². The Labute approximate surface area is 336 Å². The molecule has 0 aromatic heterocycles. The van der Waals surface area contributed by atoms with Crippen LogP contribution in [0.15, 0.2) is 10.2 Å². The maximum Gasteiger partial charge on any atom is 0.331 e. The summed E-state index contributed by atoms with van der Waals surface area (Å²) in [5, 5.41) is 59.6. The third-order valence-electron chi connectivity index (χ3n) is 11.2. The maximum absolute atomic E-state index is 14.7. The zero-order valence-electron chi connectivity index (χ0n) is 34.2. The van der Waals surface area contributed by atoms with Crippen LogP contribution in [0.25, 0.3) is 0 Å². The molecule has 0 saturated carbocycles. The molecule has 6 amide bonds. The van der Waals surface area contributed by atoms with Gasteiger partial charge in [0, 0.05) is 18.9 Å². The quantitative estimate of drug-likeness (QED) is 0.148. The summed E-state index contributed by atoms with van der Waals surface area (Å²) in [4.78, 5) is 96.3. The Morgan fingerprint density at radius 3 is 2.02 bits per heavy atom. The summed E-state index contributed by atoms with van der Waals surface area (Å²) in [6, 6.07) is -8.38. The first kappa shape index (κ1) is 46.1. The van der Waals surface area contributed by atoms with E-state index in [-0.39, 0.29) is 48.1 Å². The molecule has 324 valence electrons. The molecule has 0 aromatic carbocycles. The first-order chi connectivity index (χ1) is 27.0. The fourth-order valence-corrected chi connectivity index (χ4v) is 7.42. The number of hydrogen-bond acceptors (Lipinski definition) is 15. The maximum atomic E-state index is 14.7. The van der Waals surface area contributed by atoms with Crippen molar-refractivity contribution < 1.29 is 63.7 Å². The number of amides is 6. The van der Waals surface area contributed by atoms with Crippen LogP contribution < -0.4 is 10.6 Å². The molecule has 0 aromatic rings. The van der Waals surface area contributed by atoms with E-state index in [0.29, 0.717) is 17.3 Å². The van der Waals surface area contributed by atoms with Crippen LogP contribution in [0.5, 0.6) is 0 Å². The molecule has 21 nitrogen and oxygen atoms in total. The largest absolute Gasteiger partial charge is 0.458 e. The van der Waals surface area contributed by atoms with E-state index in [1.807, 2.05) is 13.8 Å². The van der Waals surface area contributed by atoms with Crippen molar-refractivity contribution in [2.75, 3.05) is 6.54 Å². The van der Waals surface area contributed by atoms with Crippen LogP contribution in [0.1, 0.15) is 100 Å². The molecular formula is C37H58N8O13. The fraction of sp³-hybridized carbons (Fsp3) is 0.757. The second-order valence-electron chi connectivity index (χ2n) is 16.3. The number of hydrogen-bond donors (Lipinski definition) is 6. The van der Waals surface area contributed by atoms with E-state index in [1.165, 1.54) is 26.3 Å². The monoisotopic (exact) mass is 822 g/mol. The number of carbonyl (C=O) groups excluding carboxylic acids is 7.